The fraction of sp³-hybridized carbons (Fsp3) is 0. The van der Waals surface area contributed by atoms with E-state index in [1.54, 1.807) is 0 Å². The zero-order chi connectivity index (χ0) is 13.9. The molecule has 3 aromatic rings. The standard InChI is InChI=1S/C16H12I2N2/c17-13-3-7-15(8-4-13)20(19-11-1-2-12-19)16-9-5-14(18)6-10-16/h1-12H. The van der Waals surface area contributed by atoms with Gasteiger partial charge in [-0.3, -0.25) is 9.69 Å². The second-order valence-electron chi connectivity index (χ2n) is 4.33. The average Bonchev–Trinajstić information content (AvgIpc) is 2.97. The second-order valence-corrected chi connectivity index (χ2v) is 6.82. The van der Waals surface area contributed by atoms with Crippen molar-refractivity contribution in [3.05, 3.63) is 80.2 Å². The molecule has 4 heteroatoms. The van der Waals surface area contributed by atoms with Crippen LogP contribution in [0.4, 0.5) is 11.4 Å². The van der Waals surface area contributed by atoms with Gasteiger partial charge in [-0.2, -0.15) is 0 Å². The van der Waals surface area contributed by atoms with Gasteiger partial charge in [0.05, 0.1) is 11.4 Å². The largest absolute Gasteiger partial charge is 0.264 e. The van der Waals surface area contributed by atoms with E-state index in [1.165, 1.54) is 7.14 Å². The molecule has 0 spiro atoms. The molecule has 20 heavy (non-hydrogen) atoms. The molecular formula is C16H12I2N2. The number of rotatable bonds is 3. The number of anilines is 2. The summed E-state index contributed by atoms with van der Waals surface area (Å²) in [5, 5.41) is 2.19. The van der Waals surface area contributed by atoms with Crippen molar-refractivity contribution in [1.29, 1.82) is 0 Å². The maximum absolute atomic E-state index is 2.33. The molecule has 0 unspecified atom stereocenters. The average molecular weight is 486 g/mol. The van der Waals surface area contributed by atoms with Crippen molar-refractivity contribution in [3.8, 4) is 0 Å². The summed E-state index contributed by atoms with van der Waals surface area (Å²) in [5.41, 5.74) is 2.28. The molecule has 2 aromatic carbocycles. The summed E-state index contributed by atoms with van der Waals surface area (Å²) in [7, 11) is 0. The molecule has 3 rings (SSSR count). The van der Waals surface area contributed by atoms with Gasteiger partial charge >= 0.3 is 0 Å². The van der Waals surface area contributed by atoms with E-state index in [1.807, 2.05) is 12.1 Å². The van der Waals surface area contributed by atoms with Gasteiger partial charge in [-0.25, -0.2) is 0 Å². The maximum Gasteiger partial charge on any atom is 0.0637 e. The minimum absolute atomic E-state index is 1.14. The Labute approximate surface area is 145 Å². The lowest BCUT2D eigenvalue weighted by Crippen LogP contribution is -2.22. The zero-order valence-corrected chi connectivity index (χ0v) is 14.9. The van der Waals surface area contributed by atoms with Crippen molar-refractivity contribution >= 4 is 56.6 Å². The highest BCUT2D eigenvalue weighted by Gasteiger charge is 2.10. The summed E-state index contributed by atoms with van der Waals surface area (Å²) in [6.07, 6.45) is 4.10. The Bertz CT molecular complexity index is 628. The van der Waals surface area contributed by atoms with Crippen LogP contribution in [-0.2, 0) is 0 Å². The Morgan fingerprint density at radius 1 is 0.650 bits per heavy atom. The molecule has 0 saturated carbocycles. The highest BCUT2D eigenvalue weighted by molar-refractivity contribution is 14.1. The summed E-state index contributed by atoms with van der Waals surface area (Å²) in [6, 6.07) is 21.1. The molecule has 100 valence electrons. The summed E-state index contributed by atoms with van der Waals surface area (Å²) in [6.45, 7) is 0. The number of hydrogen-bond acceptors (Lipinski definition) is 1. The van der Waals surface area contributed by atoms with Gasteiger partial charge in [-0.15, -0.1) is 0 Å². The van der Waals surface area contributed by atoms with Crippen molar-refractivity contribution in [2.45, 2.75) is 0 Å². The highest BCUT2D eigenvalue weighted by Crippen LogP contribution is 2.27. The van der Waals surface area contributed by atoms with Gasteiger partial charge in [0.15, 0.2) is 0 Å². The molecule has 0 amide bonds. The predicted molar refractivity (Wildman–Crippen MR) is 100 cm³/mol. The third-order valence-corrected chi connectivity index (χ3v) is 4.40. The molecule has 0 saturated heterocycles. The molecule has 0 atom stereocenters. The summed E-state index contributed by atoms with van der Waals surface area (Å²) < 4.78 is 4.56. The molecule has 1 aromatic heterocycles. The van der Waals surface area contributed by atoms with Crippen molar-refractivity contribution in [2.24, 2.45) is 0 Å². The number of benzene rings is 2. The van der Waals surface area contributed by atoms with Crippen molar-refractivity contribution in [3.63, 3.8) is 0 Å². The molecule has 0 aliphatic carbocycles. The van der Waals surface area contributed by atoms with Gasteiger partial charge in [0, 0.05) is 19.5 Å². The van der Waals surface area contributed by atoms with Crippen LogP contribution in [0.3, 0.4) is 0 Å². The van der Waals surface area contributed by atoms with Crippen LogP contribution in [0.2, 0.25) is 0 Å². The van der Waals surface area contributed by atoms with Crippen molar-refractivity contribution in [2.75, 3.05) is 5.01 Å². The molecule has 2 nitrogen and oxygen atoms in total. The number of aromatic nitrogens is 1. The first-order valence-corrected chi connectivity index (χ1v) is 8.34. The zero-order valence-electron chi connectivity index (χ0n) is 10.6. The van der Waals surface area contributed by atoms with Crippen LogP contribution in [-0.4, -0.2) is 4.68 Å². The normalized spacial score (nSPS) is 10.5. The summed E-state index contributed by atoms with van der Waals surface area (Å²) >= 11 is 4.65. The summed E-state index contributed by atoms with van der Waals surface area (Å²) in [5.74, 6) is 0. The quantitative estimate of drug-likeness (QED) is 0.457. The number of nitrogens with zero attached hydrogens (tertiary/aromatic N) is 2. The Hall–Kier alpha value is -1.02. The molecular weight excluding hydrogens is 474 g/mol. The van der Waals surface area contributed by atoms with Crippen LogP contribution in [0.1, 0.15) is 0 Å². The Balaban J connectivity index is 2.09. The highest BCUT2D eigenvalue weighted by atomic mass is 127. The molecule has 0 radical (unpaired) electrons. The fourth-order valence-electron chi connectivity index (χ4n) is 2.04. The van der Waals surface area contributed by atoms with Gasteiger partial charge in [-0.1, -0.05) is 0 Å². The fourth-order valence-corrected chi connectivity index (χ4v) is 2.76. The van der Waals surface area contributed by atoms with E-state index in [4.69, 9.17) is 0 Å². The summed E-state index contributed by atoms with van der Waals surface area (Å²) in [4.78, 5) is 0. The Morgan fingerprint density at radius 2 is 1.05 bits per heavy atom. The van der Waals surface area contributed by atoms with E-state index in [0.29, 0.717) is 0 Å². The van der Waals surface area contributed by atoms with E-state index in [9.17, 15) is 0 Å². The molecule has 0 N–H and O–H groups in total. The lowest BCUT2D eigenvalue weighted by molar-refractivity contribution is 0.823. The molecule has 0 fully saturated rings. The van der Waals surface area contributed by atoms with E-state index in [-0.39, 0.29) is 0 Å². The minimum Gasteiger partial charge on any atom is -0.264 e. The van der Waals surface area contributed by atoms with Crippen LogP contribution < -0.4 is 5.01 Å². The first kappa shape index (κ1) is 13.9. The maximum atomic E-state index is 2.33. The lowest BCUT2D eigenvalue weighted by atomic mass is 10.2. The van der Waals surface area contributed by atoms with Gasteiger partial charge in [0.25, 0.3) is 0 Å². The van der Waals surface area contributed by atoms with E-state index < -0.39 is 0 Å². The van der Waals surface area contributed by atoms with Crippen LogP contribution in [0.5, 0.6) is 0 Å². The van der Waals surface area contributed by atoms with Crippen molar-refractivity contribution in [1.82, 2.24) is 4.68 Å². The monoisotopic (exact) mass is 486 g/mol. The molecule has 1 heterocycles. The van der Waals surface area contributed by atoms with E-state index in [2.05, 4.69) is 116 Å². The van der Waals surface area contributed by atoms with Crippen LogP contribution in [0.25, 0.3) is 0 Å². The van der Waals surface area contributed by atoms with Crippen molar-refractivity contribution < 1.29 is 0 Å². The minimum atomic E-state index is 1.14. The SMILES string of the molecule is Ic1ccc(N(c2ccc(I)cc2)n2cccc2)cc1. The third kappa shape index (κ3) is 3.01. The number of hydrogen-bond donors (Lipinski definition) is 0. The second kappa shape index (κ2) is 6.17. The first-order chi connectivity index (χ1) is 9.74. The molecule has 0 aliphatic rings. The Kier molecular flexibility index (Phi) is 4.30. The third-order valence-electron chi connectivity index (χ3n) is 2.96. The number of halogens is 2. The van der Waals surface area contributed by atoms with E-state index >= 15 is 0 Å². The molecule has 0 bridgehead atoms. The van der Waals surface area contributed by atoms with Crippen LogP contribution in [0, 0.1) is 7.14 Å². The van der Waals surface area contributed by atoms with Gasteiger partial charge in [0.1, 0.15) is 0 Å². The lowest BCUT2D eigenvalue weighted by Gasteiger charge is -2.26. The smallest absolute Gasteiger partial charge is 0.0637 e. The predicted octanol–water partition coefficient (Wildman–Crippen LogP) is 5.30. The van der Waals surface area contributed by atoms with Gasteiger partial charge < -0.3 is 0 Å². The van der Waals surface area contributed by atoms with Crippen LogP contribution >= 0.6 is 45.2 Å². The van der Waals surface area contributed by atoms with Gasteiger partial charge in [0.2, 0.25) is 0 Å². The first-order valence-electron chi connectivity index (χ1n) is 6.18. The molecule has 0 aliphatic heterocycles. The Morgan fingerprint density at radius 3 is 1.45 bits per heavy atom. The van der Waals surface area contributed by atoms with Gasteiger partial charge in [-0.05, 0) is 106 Å². The van der Waals surface area contributed by atoms with Crippen LogP contribution in [0.15, 0.2) is 73.1 Å². The van der Waals surface area contributed by atoms with E-state index in [0.717, 1.165) is 11.4 Å². The topological polar surface area (TPSA) is 8.17 Å².